The van der Waals surface area contributed by atoms with Gasteiger partial charge in [-0.1, -0.05) is 23.5 Å². The molecule has 0 saturated carbocycles. The molecule has 0 spiro atoms. The zero-order chi connectivity index (χ0) is 13.2. The van der Waals surface area contributed by atoms with Crippen molar-refractivity contribution in [3.63, 3.8) is 0 Å². The topological polar surface area (TPSA) is 47.0 Å². The van der Waals surface area contributed by atoms with Crippen LogP contribution in [0.4, 0.5) is 0 Å². The predicted molar refractivity (Wildman–Crippen MR) is 75.8 cm³/mol. The Labute approximate surface area is 117 Å². The first-order valence-electron chi connectivity index (χ1n) is 6.57. The number of ether oxygens (including phenoxy) is 1. The number of aryl methyl sites for hydroxylation is 1. The highest BCUT2D eigenvalue weighted by Gasteiger charge is 2.21. The summed E-state index contributed by atoms with van der Waals surface area (Å²) in [6.45, 7) is 5.84. The minimum atomic E-state index is 0.177. The van der Waals surface area contributed by atoms with Crippen LogP contribution in [0.1, 0.15) is 34.7 Å². The van der Waals surface area contributed by atoms with Crippen LogP contribution in [0.2, 0.25) is 0 Å². The van der Waals surface area contributed by atoms with Crippen molar-refractivity contribution in [1.82, 2.24) is 14.9 Å². The zero-order valence-corrected chi connectivity index (χ0v) is 12.0. The summed E-state index contributed by atoms with van der Waals surface area (Å²) in [6.07, 6.45) is 1.00. The molecule has 1 aromatic carbocycles. The average Bonchev–Trinajstić information content (AvgIpc) is 3.03. The standard InChI is InChI=1S/C14H17N3OS/c1-3-15-13(14-9(2)16-17-19-14)11-4-5-12-10(8-11)6-7-18-12/h4-5,8,13,15H,3,6-7H2,1-2H3. The third-order valence-electron chi connectivity index (χ3n) is 3.40. The number of nitrogens with one attached hydrogen (secondary N) is 1. The Balaban J connectivity index is 1.98. The van der Waals surface area contributed by atoms with Crippen LogP contribution in [-0.2, 0) is 6.42 Å². The highest BCUT2D eigenvalue weighted by atomic mass is 32.1. The van der Waals surface area contributed by atoms with Gasteiger partial charge in [-0.25, -0.2) is 0 Å². The van der Waals surface area contributed by atoms with Crippen molar-refractivity contribution in [2.24, 2.45) is 0 Å². The van der Waals surface area contributed by atoms with Crippen molar-refractivity contribution in [3.05, 3.63) is 39.9 Å². The lowest BCUT2D eigenvalue weighted by Gasteiger charge is -2.17. The van der Waals surface area contributed by atoms with Crippen molar-refractivity contribution >= 4 is 11.5 Å². The summed E-state index contributed by atoms with van der Waals surface area (Å²) in [6, 6.07) is 6.63. The maximum Gasteiger partial charge on any atom is 0.122 e. The highest BCUT2D eigenvalue weighted by Crippen LogP contribution is 2.32. The minimum Gasteiger partial charge on any atom is -0.493 e. The number of rotatable bonds is 4. The molecule has 1 aromatic heterocycles. The van der Waals surface area contributed by atoms with E-state index in [1.807, 2.05) is 6.92 Å². The summed E-state index contributed by atoms with van der Waals surface area (Å²) in [5, 5.41) is 7.64. The fourth-order valence-corrected chi connectivity index (χ4v) is 3.20. The van der Waals surface area contributed by atoms with E-state index in [0.29, 0.717) is 0 Å². The Hall–Kier alpha value is -1.46. The molecule has 1 aliphatic rings. The molecule has 4 nitrogen and oxygen atoms in total. The second-order valence-corrected chi connectivity index (χ2v) is 5.46. The SMILES string of the molecule is CCNC(c1ccc2c(c1)CCO2)c1snnc1C. The lowest BCUT2D eigenvalue weighted by atomic mass is 10.0. The van der Waals surface area contributed by atoms with Gasteiger partial charge in [-0.15, -0.1) is 5.10 Å². The van der Waals surface area contributed by atoms with Gasteiger partial charge in [-0.2, -0.15) is 0 Å². The molecule has 100 valence electrons. The molecular formula is C14H17N3OS. The summed E-state index contributed by atoms with van der Waals surface area (Å²) in [5.41, 5.74) is 3.57. The van der Waals surface area contributed by atoms with Crippen LogP contribution in [0.15, 0.2) is 18.2 Å². The van der Waals surface area contributed by atoms with Gasteiger partial charge in [0.25, 0.3) is 0 Å². The summed E-state index contributed by atoms with van der Waals surface area (Å²) >= 11 is 1.47. The number of aromatic nitrogens is 2. The average molecular weight is 275 g/mol. The van der Waals surface area contributed by atoms with Gasteiger partial charge >= 0.3 is 0 Å². The Morgan fingerprint density at radius 1 is 1.47 bits per heavy atom. The van der Waals surface area contributed by atoms with E-state index in [-0.39, 0.29) is 6.04 Å². The molecule has 1 aliphatic heterocycles. The maximum atomic E-state index is 5.57. The van der Waals surface area contributed by atoms with Crippen molar-refractivity contribution in [1.29, 1.82) is 0 Å². The van der Waals surface area contributed by atoms with E-state index in [0.717, 1.165) is 31.0 Å². The van der Waals surface area contributed by atoms with E-state index in [1.165, 1.54) is 27.5 Å². The van der Waals surface area contributed by atoms with Crippen LogP contribution in [0.3, 0.4) is 0 Å². The Morgan fingerprint density at radius 3 is 3.11 bits per heavy atom. The van der Waals surface area contributed by atoms with Crippen molar-refractivity contribution in [2.45, 2.75) is 26.3 Å². The fourth-order valence-electron chi connectivity index (χ4n) is 2.45. The van der Waals surface area contributed by atoms with Crippen molar-refractivity contribution in [2.75, 3.05) is 13.2 Å². The Bertz CT molecular complexity index is 582. The monoisotopic (exact) mass is 275 g/mol. The molecule has 19 heavy (non-hydrogen) atoms. The lowest BCUT2D eigenvalue weighted by molar-refractivity contribution is 0.357. The molecule has 0 amide bonds. The normalized spacial score (nSPS) is 15.1. The molecule has 1 unspecified atom stereocenters. The summed E-state index contributed by atoms with van der Waals surface area (Å²) < 4.78 is 9.61. The molecule has 5 heteroatoms. The van der Waals surface area contributed by atoms with E-state index >= 15 is 0 Å². The van der Waals surface area contributed by atoms with Crippen LogP contribution in [-0.4, -0.2) is 22.7 Å². The van der Waals surface area contributed by atoms with Crippen LogP contribution in [0.25, 0.3) is 0 Å². The Morgan fingerprint density at radius 2 is 2.37 bits per heavy atom. The molecule has 0 fully saturated rings. The second kappa shape index (κ2) is 5.27. The number of hydrogen-bond donors (Lipinski definition) is 1. The van der Waals surface area contributed by atoms with Crippen LogP contribution >= 0.6 is 11.5 Å². The quantitative estimate of drug-likeness (QED) is 0.931. The number of hydrogen-bond acceptors (Lipinski definition) is 5. The highest BCUT2D eigenvalue weighted by molar-refractivity contribution is 7.05. The van der Waals surface area contributed by atoms with E-state index in [4.69, 9.17) is 4.74 Å². The third kappa shape index (κ3) is 2.35. The fraction of sp³-hybridized carbons (Fsp3) is 0.429. The summed E-state index contributed by atoms with van der Waals surface area (Å²) in [5.74, 6) is 1.03. The van der Waals surface area contributed by atoms with Gasteiger partial charge in [0, 0.05) is 6.42 Å². The van der Waals surface area contributed by atoms with Gasteiger partial charge in [0.05, 0.1) is 23.2 Å². The molecule has 2 aromatic rings. The first-order chi connectivity index (χ1) is 9.29. The molecule has 2 heterocycles. The summed E-state index contributed by atoms with van der Waals surface area (Å²) in [4.78, 5) is 1.20. The van der Waals surface area contributed by atoms with Crippen molar-refractivity contribution < 1.29 is 4.74 Å². The van der Waals surface area contributed by atoms with E-state index in [9.17, 15) is 0 Å². The number of benzene rings is 1. The van der Waals surface area contributed by atoms with Crippen molar-refractivity contribution in [3.8, 4) is 5.75 Å². The van der Waals surface area contributed by atoms with E-state index in [1.54, 1.807) is 0 Å². The first kappa shape index (κ1) is 12.6. The molecule has 1 N–H and O–H groups in total. The molecule has 0 aliphatic carbocycles. The van der Waals surface area contributed by atoms with Gasteiger partial charge in [-0.05, 0) is 42.2 Å². The molecule has 3 rings (SSSR count). The largest absolute Gasteiger partial charge is 0.493 e. The van der Waals surface area contributed by atoms with Gasteiger partial charge < -0.3 is 10.1 Å². The van der Waals surface area contributed by atoms with Gasteiger partial charge in [0.15, 0.2) is 0 Å². The third-order valence-corrected chi connectivity index (χ3v) is 4.29. The zero-order valence-electron chi connectivity index (χ0n) is 11.1. The second-order valence-electron chi connectivity index (χ2n) is 4.68. The van der Waals surface area contributed by atoms with Crippen LogP contribution in [0, 0.1) is 6.92 Å². The first-order valence-corrected chi connectivity index (χ1v) is 7.34. The summed E-state index contributed by atoms with van der Waals surface area (Å²) in [7, 11) is 0. The molecule has 1 atom stereocenters. The van der Waals surface area contributed by atoms with Crippen LogP contribution in [0.5, 0.6) is 5.75 Å². The Kier molecular flexibility index (Phi) is 3.48. The van der Waals surface area contributed by atoms with Gasteiger partial charge in [0.2, 0.25) is 0 Å². The minimum absolute atomic E-state index is 0.177. The maximum absolute atomic E-state index is 5.57. The van der Waals surface area contributed by atoms with Gasteiger partial charge in [-0.3, -0.25) is 0 Å². The molecule has 0 saturated heterocycles. The molecule has 0 radical (unpaired) electrons. The van der Waals surface area contributed by atoms with E-state index in [2.05, 4.69) is 40.0 Å². The number of nitrogens with zero attached hydrogens (tertiary/aromatic N) is 2. The van der Waals surface area contributed by atoms with Crippen LogP contribution < -0.4 is 10.1 Å². The number of fused-ring (bicyclic) bond motifs is 1. The molecule has 0 bridgehead atoms. The van der Waals surface area contributed by atoms with E-state index < -0.39 is 0 Å². The predicted octanol–water partition coefficient (Wildman–Crippen LogP) is 2.48. The van der Waals surface area contributed by atoms with Gasteiger partial charge in [0.1, 0.15) is 5.75 Å². The lowest BCUT2D eigenvalue weighted by Crippen LogP contribution is -2.21. The molecular weight excluding hydrogens is 258 g/mol. The smallest absolute Gasteiger partial charge is 0.122 e.